The predicted octanol–water partition coefficient (Wildman–Crippen LogP) is 5.74. The van der Waals surface area contributed by atoms with Gasteiger partial charge in [-0.1, -0.05) is 30.9 Å². The molecule has 2 aliphatic rings. The zero-order valence-corrected chi connectivity index (χ0v) is 18.2. The van der Waals surface area contributed by atoms with Crippen LogP contribution in [-0.2, 0) is 23.3 Å². The van der Waals surface area contributed by atoms with Gasteiger partial charge in [-0.15, -0.1) is 0 Å². The lowest BCUT2D eigenvalue weighted by Crippen LogP contribution is -2.41. The number of hydrogen-bond acceptors (Lipinski definition) is 3. The fourth-order valence-electron chi connectivity index (χ4n) is 5.46. The highest BCUT2D eigenvalue weighted by Crippen LogP contribution is 2.50. The molecule has 0 N–H and O–H groups in total. The predicted molar refractivity (Wildman–Crippen MR) is 122 cm³/mol. The van der Waals surface area contributed by atoms with Gasteiger partial charge in [-0.25, -0.2) is 0 Å². The van der Waals surface area contributed by atoms with Crippen molar-refractivity contribution in [2.75, 3.05) is 4.90 Å². The van der Waals surface area contributed by atoms with E-state index in [1.807, 2.05) is 41.6 Å². The lowest BCUT2D eigenvalue weighted by molar-refractivity contribution is -0.124. The largest absolute Gasteiger partial charge is 0.343 e. The van der Waals surface area contributed by atoms with Crippen LogP contribution in [0.4, 0.5) is 5.69 Å². The second kappa shape index (κ2) is 8.01. The van der Waals surface area contributed by atoms with Crippen LogP contribution in [0.1, 0.15) is 56.2 Å². The number of benzene rings is 1. The van der Waals surface area contributed by atoms with Gasteiger partial charge in [0.2, 0.25) is 5.91 Å². The topological polar surface area (TPSA) is 61.9 Å². The number of carbonyl (C=O) groups excluding carboxylic acids is 1. The molecule has 3 aromatic rings. The number of nitrogens with zero attached hydrogens (tertiary/aromatic N) is 4. The number of unbranched alkanes of at least 4 members (excludes halogenated alkanes) is 1. The van der Waals surface area contributed by atoms with Crippen LogP contribution in [0.3, 0.4) is 0 Å². The molecule has 1 aliphatic heterocycles. The number of aryl methyl sites for hydroxylation is 1. The van der Waals surface area contributed by atoms with Crippen LogP contribution in [0.2, 0.25) is 5.02 Å². The van der Waals surface area contributed by atoms with Gasteiger partial charge in [0.1, 0.15) is 0 Å². The molecule has 2 aromatic heterocycles. The van der Waals surface area contributed by atoms with Crippen molar-refractivity contribution in [1.82, 2.24) is 9.55 Å². The number of anilines is 1. The molecule has 6 heteroatoms. The molecular formula is C25H25ClN4O. The fraction of sp³-hybridized carbons (Fsp3) is 0.400. The van der Waals surface area contributed by atoms with E-state index in [4.69, 9.17) is 16.9 Å². The van der Waals surface area contributed by atoms with Gasteiger partial charge < -0.3 is 9.47 Å². The van der Waals surface area contributed by atoms with E-state index in [1.165, 1.54) is 6.42 Å². The third-order valence-corrected chi connectivity index (χ3v) is 7.14. The number of rotatable bonds is 5. The van der Waals surface area contributed by atoms with Crippen molar-refractivity contribution >= 4 is 34.1 Å². The van der Waals surface area contributed by atoms with Crippen LogP contribution in [0, 0.1) is 11.3 Å². The first-order valence-corrected chi connectivity index (χ1v) is 11.4. The third kappa shape index (κ3) is 3.30. The molecule has 158 valence electrons. The lowest BCUT2D eigenvalue weighted by atomic mass is 9.70. The van der Waals surface area contributed by atoms with Gasteiger partial charge >= 0.3 is 0 Å². The summed E-state index contributed by atoms with van der Waals surface area (Å²) in [6.07, 6.45) is 10.1. The summed E-state index contributed by atoms with van der Waals surface area (Å²) < 4.78 is 2.23. The average molecular weight is 433 g/mol. The van der Waals surface area contributed by atoms with Gasteiger partial charge in [0.05, 0.1) is 29.9 Å². The minimum Gasteiger partial charge on any atom is -0.343 e. The van der Waals surface area contributed by atoms with Crippen molar-refractivity contribution in [3.63, 3.8) is 0 Å². The van der Waals surface area contributed by atoms with E-state index in [0.717, 1.165) is 66.5 Å². The first-order valence-electron chi connectivity index (χ1n) is 11.1. The number of nitriles is 1. The molecule has 5 nitrogen and oxygen atoms in total. The Bertz CT molecular complexity index is 1190. The van der Waals surface area contributed by atoms with Crippen molar-refractivity contribution in [3.8, 4) is 6.07 Å². The van der Waals surface area contributed by atoms with Crippen molar-refractivity contribution in [3.05, 3.63) is 59.0 Å². The van der Waals surface area contributed by atoms with Crippen LogP contribution in [-0.4, -0.2) is 15.5 Å². The van der Waals surface area contributed by atoms with Crippen LogP contribution in [0.15, 0.2) is 42.7 Å². The SMILES string of the molecule is N#CCCCn1c(CN2C(=O)C3(CCCCC3)c3ccncc32)cc2cc(Cl)ccc21. The standard InChI is InChI=1S/C25H25ClN4O/c26-19-6-7-22-18(14-19)15-20(29(22)13-5-4-11-27)17-30-23-16-28-12-8-21(23)25(24(30)31)9-2-1-3-10-25/h6-8,12,14-16H,1-5,9-10,13,17H2. The molecule has 1 aromatic carbocycles. The summed E-state index contributed by atoms with van der Waals surface area (Å²) >= 11 is 6.24. The molecule has 3 heterocycles. The Morgan fingerprint density at radius 3 is 2.81 bits per heavy atom. The molecule has 1 aliphatic carbocycles. The molecular weight excluding hydrogens is 408 g/mol. The van der Waals surface area contributed by atoms with Crippen LogP contribution < -0.4 is 4.90 Å². The number of hydrogen-bond donors (Lipinski definition) is 0. The first-order chi connectivity index (χ1) is 15.1. The van der Waals surface area contributed by atoms with Gasteiger partial charge in [0, 0.05) is 40.8 Å². The summed E-state index contributed by atoms with van der Waals surface area (Å²) in [6.45, 7) is 1.24. The number of pyridine rings is 1. The second-order valence-corrected chi connectivity index (χ2v) is 9.12. The van der Waals surface area contributed by atoms with Crippen LogP contribution in [0.25, 0.3) is 10.9 Å². The van der Waals surface area contributed by atoms with Crippen molar-refractivity contribution in [2.24, 2.45) is 0 Å². The van der Waals surface area contributed by atoms with E-state index < -0.39 is 5.41 Å². The van der Waals surface area contributed by atoms with E-state index in [0.29, 0.717) is 18.0 Å². The van der Waals surface area contributed by atoms with Gasteiger partial charge in [-0.3, -0.25) is 9.78 Å². The Hall–Kier alpha value is -2.84. The Morgan fingerprint density at radius 1 is 1.16 bits per heavy atom. The molecule has 0 bridgehead atoms. The van der Waals surface area contributed by atoms with E-state index in [9.17, 15) is 4.79 Å². The molecule has 1 spiro atoms. The van der Waals surface area contributed by atoms with Crippen molar-refractivity contribution in [2.45, 2.75) is 63.5 Å². The average Bonchev–Trinajstić information content (AvgIpc) is 3.23. The monoisotopic (exact) mass is 432 g/mol. The molecule has 1 amide bonds. The molecule has 5 rings (SSSR count). The first kappa shape index (κ1) is 20.1. The minimum atomic E-state index is -0.391. The van der Waals surface area contributed by atoms with Gasteiger partial charge in [-0.05, 0) is 55.2 Å². The number of fused-ring (bicyclic) bond motifs is 3. The normalized spacial score (nSPS) is 17.3. The Kier molecular flexibility index (Phi) is 5.19. The van der Waals surface area contributed by atoms with E-state index in [2.05, 4.69) is 21.7 Å². The summed E-state index contributed by atoms with van der Waals surface area (Å²) in [4.78, 5) is 20.1. The maximum atomic E-state index is 13.8. The molecule has 0 radical (unpaired) electrons. The minimum absolute atomic E-state index is 0.210. The number of aromatic nitrogens is 2. The Morgan fingerprint density at radius 2 is 2.00 bits per heavy atom. The van der Waals surface area contributed by atoms with Gasteiger partial charge in [-0.2, -0.15) is 5.26 Å². The van der Waals surface area contributed by atoms with E-state index >= 15 is 0 Å². The summed E-state index contributed by atoms with van der Waals surface area (Å²) in [7, 11) is 0. The van der Waals surface area contributed by atoms with Gasteiger partial charge in [0.15, 0.2) is 0 Å². The summed E-state index contributed by atoms with van der Waals surface area (Å²) in [5.74, 6) is 0.210. The van der Waals surface area contributed by atoms with Crippen LogP contribution >= 0.6 is 11.6 Å². The molecule has 1 saturated carbocycles. The smallest absolute Gasteiger partial charge is 0.238 e. The highest BCUT2D eigenvalue weighted by atomic mass is 35.5. The zero-order valence-electron chi connectivity index (χ0n) is 17.5. The molecule has 1 fully saturated rings. The van der Waals surface area contributed by atoms with Crippen molar-refractivity contribution in [1.29, 1.82) is 5.26 Å². The summed E-state index contributed by atoms with van der Waals surface area (Å²) in [5, 5.41) is 10.7. The molecule has 0 saturated heterocycles. The summed E-state index contributed by atoms with van der Waals surface area (Å²) in [6, 6.07) is 12.3. The fourth-order valence-corrected chi connectivity index (χ4v) is 5.64. The van der Waals surface area contributed by atoms with Crippen LogP contribution in [0.5, 0.6) is 0 Å². The van der Waals surface area contributed by atoms with E-state index in [1.54, 1.807) is 0 Å². The molecule has 0 atom stereocenters. The maximum Gasteiger partial charge on any atom is 0.238 e. The van der Waals surface area contributed by atoms with Crippen molar-refractivity contribution < 1.29 is 4.79 Å². The number of carbonyl (C=O) groups is 1. The third-order valence-electron chi connectivity index (χ3n) is 6.91. The highest BCUT2D eigenvalue weighted by Gasteiger charge is 2.51. The lowest BCUT2D eigenvalue weighted by Gasteiger charge is -2.32. The number of amides is 1. The maximum absolute atomic E-state index is 13.8. The molecule has 0 unspecified atom stereocenters. The Labute approximate surface area is 187 Å². The second-order valence-electron chi connectivity index (χ2n) is 8.68. The van der Waals surface area contributed by atoms with E-state index in [-0.39, 0.29) is 5.91 Å². The molecule has 31 heavy (non-hydrogen) atoms. The van der Waals surface area contributed by atoms with Gasteiger partial charge in [0.25, 0.3) is 0 Å². The zero-order chi connectivity index (χ0) is 21.4. The summed E-state index contributed by atoms with van der Waals surface area (Å²) in [5.41, 5.74) is 3.84. The quantitative estimate of drug-likeness (QED) is 0.483. The Balaban J connectivity index is 1.56. The number of halogens is 1. The highest BCUT2D eigenvalue weighted by molar-refractivity contribution is 6.31.